The molecule has 0 saturated heterocycles. The molecule has 5 aromatic carbocycles. The number of nitrogens with zero attached hydrogens (tertiary/aromatic N) is 4. The third-order valence-corrected chi connectivity index (χ3v) is 10.6. The number of hydrogen-bond acceptors (Lipinski definition) is 4. The fourth-order valence-corrected chi connectivity index (χ4v) is 7.74. The van der Waals surface area contributed by atoms with Crippen LogP contribution in [0.15, 0.2) is 134 Å². The van der Waals surface area contributed by atoms with Crippen molar-refractivity contribution in [3.63, 3.8) is 0 Å². The summed E-state index contributed by atoms with van der Waals surface area (Å²) in [4.78, 5) is 8.45. The number of rotatable bonds is 5. The average Bonchev–Trinajstić information content (AvgIpc) is 3.76. The Morgan fingerprint density at radius 3 is 2.22 bits per heavy atom. The Balaban J connectivity index is 1.16. The largest absolute Gasteiger partial charge is 0.457 e. The van der Waals surface area contributed by atoms with Gasteiger partial charge in [-0.2, -0.15) is 0 Å². The van der Waals surface area contributed by atoms with Crippen molar-refractivity contribution in [1.82, 2.24) is 14.5 Å². The van der Waals surface area contributed by atoms with Crippen LogP contribution >= 0.6 is 0 Å². The predicted molar refractivity (Wildman–Crippen MR) is 211 cm³/mol. The van der Waals surface area contributed by atoms with E-state index in [4.69, 9.17) is 13.8 Å². The minimum atomic E-state index is -2.25. The number of ether oxygens (including phenoxy) is 1. The Hall–Kier alpha value is -5.81. The van der Waals surface area contributed by atoms with E-state index in [1.807, 2.05) is 36.5 Å². The molecule has 0 aliphatic carbocycles. The van der Waals surface area contributed by atoms with Gasteiger partial charge < -0.3 is 14.5 Å². The number of hydrogen-bond donors (Lipinski definition) is 0. The van der Waals surface area contributed by atoms with Crippen molar-refractivity contribution in [3.05, 3.63) is 156 Å². The number of pyridine rings is 1. The van der Waals surface area contributed by atoms with Gasteiger partial charge >= 0.3 is 0 Å². The van der Waals surface area contributed by atoms with Gasteiger partial charge in [-0.3, -0.25) is 4.57 Å². The highest BCUT2D eigenvalue weighted by Gasteiger charge is 2.31. The van der Waals surface area contributed by atoms with Crippen molar-refractivity contribution in [3.8, 4) is 28.4 Å². The number of fused-ring (bicyclic) bond motifs is 9. The molecule has 2 aromatic heterocycles. The van der Waals surface area contributed by atoms with Crippen molar-refractivity contribution in [2.24, 2.45) is 0 Å². The zero-order valence-corrected chi connectivity index (χ0v) is 29.6. The van der Waals surface area contributed by atoms with E-state index < -0.39 is 6.98 Å². The van der Waals surface area contributed by atoms with Crippen molar-refractivity contribution in [1.29, 1.82) is 0 Å². The molecule has 0 spiro atoms. The molecule has 0 amide bonds. The molecule has 0 bridgehead atoms. The summed E-state index contributed by atoms with van der Waals surface area (Å²) in [6, 6.07) is 42.2. The maximum absolute atomic E-state index is 8.10. The fraction of sp³-hybridized carbons (Fsp3) is 0.196. The normalized spacial score (nSPS) is 15.2. The van der Waals surface area contributed by atoms with Crippen LogP contribution in [-0.4, -0.2) is 28.1 Å². The molecule has 51 heavy (non-hydrogen) atoms. The SMILES string of the molecule is [2H]C([2H])([2H])N1C=C2c3ccccc3-c3ccc(Oc4ccc5c6cc(C(C)(C)C)ccc6n(-c6cc(C(C)(C)c7ccccc7)ccn6)c5c4)cc3N2C1. The molecular weight excluding hydrogens is 625 g/mol. The van der Waals surface area contributed by atoms with Crippen molar-refractivity contribution in [2.45, 2.75) is 45.4 Å². The average molecular weight is 670 g/mol. The Morgan fingerprint density at radius 1 is 0.647 bits per heavy atom. The quantitative estimate of drug-likeness (QED) is 0.183. The number of benzene rings is 5. The highest BCUT2D eigenvalue weighted by molar-refractivity contribution is 6.10. The first-order valence-corrected chi connectivity index (χ1v) is 17.6. The summed E-state index contributed by atoms with van der Waals surface area (Å²) < 4.78 is 33.2. The van der Waals surface area contributed by atoms with Gasteiger partial charge in [0.1, 0.15) is 17.3 Å². The lowest BCUT2D eigenvalue weighted by molar-refractivity contribution is 0.481. The lowest BCUT2D eigenvalue weighted by Gasteiger charge is -2.31. The highest BCUT2D eigenvalue weighted by atomic mass is 16.5. The van der Waals surface area contributed by atoms with Gasteiger partial charge in [-0.15, -0.1) is 0 Å². The van der Waals surface area contributed by atoms with Crippen LogP contribution in [-0.2, 0) is 10.8 Å². The molecule has 0 radical (unpaired) electrons. The van der Waals surface area contributed by atoms with E-state index in [-0.39, 0.29) is 17.5 Å². The lowest BCUT2D eigenvalue weighted by atomic mass is 9.78. The van der Waals surface area contributed by atoms with Crippen LogP contribution in [0.3, 0.4) is 0 Å². The molecule has 0 atom stereocenters. The standard InChI is InChI=1S/C46H42N4O/c1-45(2,3)31-16-21-40-39(24-31)38-20-18-34(27-42(38)50(40)44-25-32(22-23-47-44)46(4,5)30-12-8-7-9-13-30)51-33-17-19-37-35-14-10-11-15-36(35)43-28-48(6)29-49(43)41(37)26-33/h7-28H,29H2,1-6H3/i6D3. The van der Waals surface area contributed by atoms with Gasteiger partial charge in [0.05, 0.1) is 29.1 Å². The Labute approximate surface area is 304 Å². The van der Waals surface area contributed by atoms with E-state index >= 15 is 0 Å². The van der Waals surface area contributed by atoms with Crippen LogP contribution in [0.2, 0.25) is 0 Å². The Kier molecular flexibility index (Phi) is 6.22. The molecule has 0 N–H and O–H groups in total. The van der Waals surface area contributed by atoms with Crippen LogP contribution in [0.4, 0.5) is 5.69 Å². The first kappa shape index (κ1) is 27.9. The van der Waals surface area contributed by atoms with Gasteiger partial charge in [-0.25, -0.2) is 4.98 Å². The molecule has 5 nitrogen and oxygen atoms in total. The molecule has 0 fully saturated rings. The topological polar surface area (TPSA) is 33.5 Å². The van der Waals surface area contributed by atoms with Gasteiger partial charge in [0.15, 0.2) is 0 Å². The zero-order valence-electron chi connectivity index (χ0n) is 32.6. The molecular formula is C46H42N4O. The molecule has 4 heterocycles. The van der Waals surface area contributed by atoms with Gasteiger partial charge in [-0.1, -0.05) is 95.3 Å². The second kappa shape index (κ2) is 11.4. The summed E-state index contributed by atoms with van der Waals surface area (Å²) in [5.74, 6) is 2.21. The van der Waals surface area contributed by atoms with Gasteiger partial charge in [0.2, 0.25) is 0 Å². The summed E-state index contributed by atoms with van der Waals surface area (Å²) in [7, 11) is 0. The minimum Gasteiger partial charge on any atom is -0.457 e. The van der Waals surface area contributed by atoms with Crippen LogP contribution in [0.1, 0.15) is 61.0 Å². The van der Waals surface area contributed by atoms with E-state index in [0.29, 0.717) is 11.5 Å². The van der Waals surface area contributed by atoms with Crippen LogP contribution in [0.25, 0.3) is 44.4 Å². The molecule has 0 unspecified atom stereocenters. The van der Waals surface area contributed by atoms with Gasteiger partial charge in [0.25, 0.3) is 0 Å². The first-order valence-electron chi connectivity index (χ1n) is 19.1. The predicted octanol–water partition coefficient (Wildman–Crippen LogP) is 11.3. The molecule has 252 valence electrons. The van der Waals surface area contributed by atoms with Crippen molar-refractivity contribution < 1.29 is 8.85 Å². The third-order valence-electron chi connectivity index (χ3n) is 10.6. The van der Waals surface area contributed by atoms with Crippen molar-refractivity contribution >= 4 is 33.2 Å². The number of anilines is 1. The van der Waals surface area contributed by atoms with Gasteiger partial charge in [-0.05, 0) is 76.2 Å². The van der Waals surface area contributed by atoms with E-state index in [1.54, 1.807) is 6.20 Å². The van der Waals surface area contributed by atoms with E-state index in [1.165, 1.54) is 21.6 Å². The van der Waals surface area contributed by atoms with E-state index in [0.717, 1.165) is 55.7 Å². The van der Waals surface area contributed by atoms with E-state index in [2.05, 4.69) is 135 Å². The molecule has 5 heteroatoms. The second-order valence-electron chi connectivity index (χ2n) is 15.3. The first-order chi connectivity index (χ1) is 25.8. The molecule has 7 aromatic rings. The smallest absolute Gasteiger partial charge is 0.137 e. The maximum Gasteiger partial charge on any atom is 0.137 e. The molecule has 9 rings (SSSR count). The van der Waals surface area contributed by atoms with Crippen LogP contribution in [0.5, 0.6) is 11.5 Å². The maximum atomic E-state index is 8.10. The summed E-state index contributed by atoms with van der Waals surface area (Å²) in [6.07, 6.45) is 3.67. The summed E-state index contributed by atoms with van der Waals surface area (Å²) in [6.45, 7) is 9.23. The van der Waals surface area contributed by atoms with Crippen molar-refractivity contribution in [2.75, 3.05) is 18.5 Å². The zero-order chi connectivity index (χ0) is 37.6. The fourth-order valence-electron chi connectivity index (χ4n) is 7.74. The summed E-state index contributed by atoms with van der Waals surface area (Å²) in [5.41, 5.74) is 10.4. The lowest BCUT2D eigenvalue weighted by Crippen LogP contribution is -2.26. The van der Waals surface area contributed by atoms with E-state index in [9.17, 15) is 0 Å². The van der Waals surface area contributed by atoms with Crippen LogP contribution < -0.4 is 9.64 Å². The summed E-state index contributed by atoms with van der Waals surface area (Å²) in [5, 5.41) is 2.29. The highest BCUT2D eigenvalue weighted by Crippen LogP contribution is 2.48. The van der Waals surface area contributed by atoms with Crippen LogP contribution in [0, 0.1) is 0 Å². The molecule has 2 aliphatic rings. The Bertz CT molecular complexity index is 2630. The minimum absolute atomic E-state index is 0.0125. The molecule has 2 aliphatic heterocycles. The summed E-state index contributed by atoms with van der Waals surface area (Å²) >= 11 is 0. The molecule has 0 saturated carbocycles. The third kappa shape index (κ3) is 5.10. The Morgan fingerprint density at radius 2 is 1.41 bits per heavy atom. The van der Waals surface area contributed by atoms with Gasteiger partial charge in [0, 0.05) is 62.9 Å². The number of aromatic nitrogens is 2. The second-order valence-corrected chi connectivity index (χ2v) is 15.3. The monoisotopic (exact) mass is 669 g/mol.